The van der Waals surface area contributed by atoms with Crippen molar-refractivity contribution in [2.24, 2.45) is 5.92 Å². The van der Waals surface area contributed by atoms with Crippen LogP contribution in [0.2, 0.25) is 0 Å². The number of benzene rings is 1. The van der Waals surface area contributed by atoms with Crippen LogP contribution in [0.1, 0.15) is 93.7 Å². The number of rotatable bonds is 6. The summed E-state index contributed by atoms with van der Waals surface area (Å²) in [6.07, 6.45) is 1.06. The summed E-state index contributed by atoms with van der Waals surface area (Å²) in [6.45, 7) is 3.92. The van der Waals surface area contributed by atoms with Crippen LogP contribution in [0.15, 0.2) is 12.1 Å². The first-order valence-electron chi connectivity index (χ1n) is 11.3. The predicted molar refractivity (Wildman–Crippen MR) is 109 cm³/mol. The van der Waals surface area contributed by atoms with Crippen molar-refractivity contribution >= 4 is 5.97 Å². The molecule has 7 heteroatoms. The molecule has 2 fully saturated rings. The SMILES string of the molecule is CCCC1CCC(c2ccc(C3CCC(COC(C)=O)CC3)c(F)c2C(F)(F)F)CO1. The van der Waals surface area contributed by atoms with Gasteiger partial charge in [-0.05, 0) is 67.9 Å². The first-order chi connectivity index (χ1) is 14.7. The molecule has 0 N–H and O–H groups in total. The second-order valence-corrected chi connectivity index (χ2v) is 8.97. The van der Waals surface area contributed by atoms with E-state index in [0.29, 0.717) is 45.1 Å². The number of hydrogen-bond acceptors (Lipinski definition) is 3. The van der Waals surface area contributed by atoms with E-state index in [1.54, 1.807) is 6.07 Å². The zero-order valence-electron chi connectivity index (χ0n) is 18.3. The normalized spacial score (nSPS) is 27.2. The van der Waals surface area contributed by atoms with Crippen molar-refractivity contribution in [1.29, 1.82) is 0 Å². The Morgan fingerprint density at radius 2 is 1.71 bits per heavy atom. The van der Waals surface area contributed by atoms with Gasteiger partial charge >= 0.3 is 12.1 Å². The second-order valence-electron chi connectivity index (χ2n) is 8.97. The molecule has 2 unspecified atom stereocenters. The zero-order chi connectivity index (χ0) is 22.6. The van der Waals surface area contributed by atoms with Crippen LogP contribution in [-0.2, 0) is 20.4 Å². The average molecular weight is 445 g/mol. The molecule has 2 atom stereocenters. The summed E-state index contributed by atoms with van der Waals surface area (Å²) in [4.78, 5) is 11.0. The summed E-state index contributed by atoms with van der Waals surface area (Å²) in [5.41, 5.74) is -0.940. The van der Waals surface area contributed by atoms with Crippen LogP contribution in [0.25, 0.3) is 0 Å². The summed E-state index contributed by atoms with van der Waals surface area (Å²) in [7, 11) is 0. The van der Waals surface area contributed by atoms with Crippen molar-refractivity contribution < 1.29 is 31.8 Å². The van der Waals surface area contributed by atoms with Crippen LogP contribution in [0.5, 0.6) is 0 Å². The van der Waals surface area contributed by atoms with Gasteiger partial charge in [0.15, 0.2) is 0 Å². The molecule has 1 aromatic rings. The van der Waals surface area contributed by atoms with Crippen molar-refractivity contribution in [3.05, 3.63) is 34.6 Å². The molecule has 3 rings (SSSR count). The zero-order valence-corrected chi connectivity index (χ0v) is 18.3. The molecule has 1 aromatic carbocycles. The van der Waals surface area contributed by atoms with Crippen molar-refractivity contribution in [3.8, 4) is 0 Å². The van der Waals surface area contributed by atoms with E-state index in [0.717, 1.165) is 12.8 Å². The maximum Gasteiger partial charge on any atom is 0.419 e. The molecule has 0 spiro atoms. The van der Waals surface area contributed by atoms with E-state index >= 15 is 4.39 Å². The topological polar surface area (TPSA) is 35.5 Å². The lowest BCUT2D eigenvalue weighted by Crippen LogP contribution is -2.27. The number of esters is 1. The smallest absolute Gasteiger partial charge is 0.419 e. The highest BCUT2D eigenvalue weighted by molar-refractivity contribution is 5.65. The molecule has 2 aliphatic rings. The number of hydrogen-bond donors (Lipinski definition) is 0. The van der Waals surface area contributed by atoms with Gasteiger partial charge < -0.3 is 9.47 Å². The van der Waals surface area contributed by atoms with Crippen molar-refractivity contribution in [1.82, 2.24) is 0 Å². The van der Waals surface area contributed by atoms with E-state index in [-0.39, 0.29) is 41.6 Å². The largest absolute Gasteiger partial charge is 0.466 e. The quantitative estimate of drug-likeness (QED) is 0.360. The first kappa shape index (κ1) is 24.0. The average Bonchev–Trinajstić information content (AvgIpc) is 2.72. The first-order valence-corrected chi connectivity index (χ1v) is 11.3. The van der Waals surface area contributed by atoms with E-state index < -0.39 is 23.5 Å². The highest BCUT2D eigenvalue weighted by Gasteiger charge is 2.41. The molecule has 1 saturated carbocycles. The van der Waals surface area contributed by atoms with E-state index in [1.807, 2.05) is 0 Å². The van der Waals surface area contributed by atoms with Gasteiger partial charge in [0.25, 0.3) is 0 Å². The number of carbonyl (C=O) groups excluding carboxylic acids is 1. The molecular weight excluding hydrogens is 412 g/mol. The molecule has 0 radical (unpaired) electrons. The third-order valence-electron chi connectivity index (χ3n) is 6.72. The fraction of sp³-hybridized carbons (Fsp3) is 0.708. The maximum atomic E-state index is 15.3. The third kappa shape index (κ3) is 5.99. The molecule has 0 bridgehead atoms. The van der Waals surface area contributed by atoms with Crippen LogP contribution < -0.4 is 0 Å². The van der Waals surface area contributed by atoms with Crippen molar-refractivity contribution in [3.63, 3.8) is 0 Å². The van der Waals surface area contributed by atoms with Crippen LogP contribution in [0.4, 0.5) is 17.6 Å². The highest BCUT2D eigenvalue weighted by Crippen LogP contribution is 2.44. The Morgan fingerprint density at radius 3 is 2.26 bits per heavy atom. The highest BCUT2D eigenvalue weighted by atomic mass is 19.4. The maximum absolute atomic E-state index is 15.3. The molecule has 1 aliphatic heterocycles. The minimum atomic E-state index is -4.75. The Bertz CT molecular complexity index is 746. The predicted octanol–water partition coefficient (Wildman–Crippen LogP) is 6.74. The van der Waals surface area contributed by atoms with E-state index in [9.17, 15) is 18.0 Å². The molecule has 3 nitrogen and oxygen atoms in total. The fourth-order valence-electron chi connectivity index (χ4n) is 5.03. The molecule has 1 heterocycles. The molecular formula is C24H32F4O3. The summed E-state index contributed by atoms with van der Waals surface area (Å²) >= 11 is 0. The van der Waals surface area contributed by atoms with Gasteiger partial charge in [0.2, 0.25) is 0 Å². The molecule has 31 heavy (non-hydrogen) atoms. The Morgan fingerprint density at radius 1 is 1.06 bits per heavy atom. The lowest BCUT2D eigenvalue weighted by Gasteiger charge is -2.32. The van der Waals surface area contributed by atoms with Gasteiger partial charge in [-0.15, -0.1) is 0 Å². The van der Waals surface area contributed by atoms with E-state index in [4.69, 9.17) is 9.47 Å². The summed E-state index contributed by atoms with van der Waals surface area (Å²) < 4.78 is 67.8. The Kier molecular flexibility index (Phi) is 8.00. The lowest BCUT2D eigenvalue weighted by molar-refractivity contribution is -0.143. The van der Waals surface area contributed by atoms with Gasteiger partial charge in [-0.25, -0.2) is 4.39 Å². The number of ether oxygens (including phenoxy) is 2. The molecule has 0 amide bonds. The van der Waals surface area contributed by atoms with Crippen LogP contribution in [-0.4, -0.2) is 25.3 Å². The Hall–Kier alpha value is -1.63. The summed E-state index contributed by atoms with van der Waals surface area (Å²) in [6, 6.07) is 3.02. The monoisotopic (exact) mass is 444 g/mol. The van der Waals surface area contributed by atoms with Crippen LogP contribution in [0, 0.1) is 11.7 Å². The van der Waals surface area contributed by atoms with E-state index in [2.05, 4.69) is 6.92 Å². The van der Waals surface area contributed by atoms with Gasteiger partial charge in [0.1, 0.15) is 5.82 Å². The minimum absolute atomic E-state index is 0.0206. The Balaban J connectivity index is 1.76. The number of halogens is 4. The molecule has 174 valence electrons. The third-order valence-corrected chi connectivity index (χ3v) is 6.72. The summed E-state index contributed by atoms with van der Waals surface area (Å²) in [5.74, 6) is -1.97. The second kappa shape index (κ2) is 10.3. The van der Waals surface area contributed by atoms with Crippen LogP contribution in [0.3, 0.4) is 0 Å². The number of carbonyl (C=O) groups is 1. The van der Waals surface area contributed by atoms with Gasteiger partial charge in [0, 0.05) is 12.8 Å². The fourth-order valence-corrected chi connectivity index (χ4v) is 5.03. The van der Waals surface area contributed by atoms with Gasteiger partial charge in [0.05, 0.1) is 24.9 Å². The van der Waals surface area contributed by atoms with Gasteiger partial charge in [-0.2, -0.15) is 13.2 Å². The molecule has 0 aromatic heterocycles. The van der Waals surface area contributed by atoms with Gasteiger partial charge in [-0.3, -0.25) is 4.79 Å². The summed E-state index contributed by atoms with van der Waals surface area (Å²) in [5, 5.41) is 0. The molecule has 1 saturated heterocycles. The molecule has 1 aliphatic carbocycles. The van der Waals surface area contributed by atoms with Gasteiger partial charge in [-0.1, -0.05) is 25.5 Å². The van der Waals surface area contributed by atoms with Crippen molar-refractivity contribution in [2.75, 3.05) is 13.2 Å². The minimum Gasteiger partial charge on any atom is -0.466 e. The van der Waals surface area contributed by atoms with Crippen LogP contribution >= 0.6 is 0 Å². The standard InChI is InChI=1S/C24H32F4O3/c1-3-4-19-10-9-18(14-31-19)20-11-12-21(23(25)22(20)24(26,27)28)17-7-5-16(6-8-17)13-30-15(2)29/h11-12,16-19H,3-10,13-14H2,1-2H3. The van der Waals surface area contributed by atoms with Crippen molar-refractivity contribution in [2.45, 2.75) is 89.3 Å². The lowest BCUT2D eigenvalue weighted by atomic mass is 9.77. The Labute approximate surface area is 181 Å². The number of alkyl halides is 3. The van der Waals surface area contributed by atoms with E-state index in [1.165, 1.54) is 13.0 Å².